The highest BCUT2D eigenvalue weighted by molar-refractivity contribution is 5.77. The predicted molar refractivity (Wildman–Crippen MR) is 66.9 cm³/mol. The van der Waals surface area contributed by atoms with Gasteiger partial charge >= 0.3 is 0 Å². The average Bonchev–Trinajstić information content (AvgIpc) is 2.83. The van der Waals surface area contributed by atoms with E-state index >= 15 is 0 Å². The van der Waals surface area contributed by atoms with Crippen LogP contribution in [-0.2, 0) is 9.53 Å². The second-order valence-corrected chi connectivity index (χ2v) is 5.06. The molecule has 2 heterocycles. The number of carbonyl (C=O) groups excluding carboxylic acids is 1. The van der Waals surface area contributed by atoms with Crippen LogP contribution in [0.3, 0.4) is 0 Å². The number of piperidine rings is 1. The van der Waals surface area contributed by atoms with E-state index in [-0.39, 0.29) is 6.10 Å². The molecule has 4 heteroatoms. The number of amides is 1. The van der Waals surface area contributed by atoms with E-state index in [1.165, 1.54) is 6.42 Å². The normalized spacial score (nSPS) is 29.6. The van der Waals surface area contributed by atoms with Gasteiger partial charge in [0.1, 0.15) is 0 Å². The fourth-order valence-corrected chi connectivity index (χ4v) is 2.81. The van der Waals surface area contributed by atoms with Crippen LogP contribution >= 0.6 is 0 Å². The van der Waals surface area contributed by atoms with Crippen LogP contribution in [0.5, 0.6) is 0 Å². The molecule has 0 spiro atoms. The third kappa shape index (κ3) is 3.68. The number of carbonyl (C=O) groups is 1. The fourth-order valence-electron chi connectivity index (χ4n) is 2.81. The van der Waals surface area contributed by atoms with Gasteiger partial charge in [-0.25, -0.2) is 0 Å². The van der Waals surface area contributed by atoms with E-state index in [1.54, 1.807) is 0 Å². The largest absolute Gasteiger partial charge is 0.377 e. The Balaban J connectivity index is 1.77. The highest BCUT2D eigenvalue weighted by Crippen LogP contribution is 2.16. The summed E-state index contributed by atoms with van der Waals surface area (Å²) in [6.45, 7) is 5.54. The highest BCUT2D eigenvalue weighted by Gasteiger charge is 2.26. The molecule has 0 saturated carbocycles. The van der Waals surface area contributed by atoms with Crippen molar-refractivity contribution in [1.29, 1.82) is 0 Å². The maximum Gasteiger partial charge on any atom is 0.224 e. The summed E-state index contributed by atoms with van der Waals surface area (Å²) in [5.41, 5.74) is 0. The van der Waals surface area contributed by atoms with Gasteiger partial charge < -0.3 is 15.0 Å². The number of nitrogens with one attached hydrogen (secondary N) is 1. The molecule has 2 unspecified atom stereocenters. The van der Waals surface area contributed by atoms with Crippen LogP contribution in [0, 0.1) is 0 Å². The van der Waals surface area contributed by atoms with Crippen LogP contribution in [-0.4, -0.2) is 49.2 Å². The van der Waals surface area contributed by atoms with Crippen molar-refractivity contribution in [2.24, 2.45) is 0 Å². The minimum Gasteiger partial charge on any atom is -0.377 e. The van der Waals surface area contributed by atoms with E-state index in [2.05, 4.69) is 5.32 Å². The monoisotopic (exact) mass is 240 g/mol. The van der Waals surface area contributed by atoms with Gasteiger partial charge in [0.05, 0.1) is 6.10 Å². The predicted octanol–water partition coefficient (Wildman–Crippen LogP) is 1.16. The van der Waals surface area contributed by atoms with Crippen molar-refractivity contribution in [2.75, 3.05) is 26.2 Å². The number of hydrogen-bond acceptors (Lipinski definition) is 3. The molecule has 0 aliphatic carbocycles. The number of ether oxygens (including phenoxy) is 1. The van der Waals surface area contributed by atoms with Crippen molar-refractivity contribution in [2.45, 2.75) is 51.2 Å². The third-order valence-electron chi connectivity index (χ3n) is 3.72. The molecule has 2 saturated heterocycles. The zero-order valence-electron chi connectivity index (χ0n) is 10.8. The van der Waals surface area contributed by atoms with Crippen LogP contribution in [0.2, 0.25) is 0 Å². The van der Waals surface area contributed by atoms with Gasteiger partial charge in [0, 0.05) is 32.2 Å². The van der Waals surface area contributed by atoms with Crippen LogP contribution in [0.1, 0.15) is 39.0 Å². The highest BCUT2D eigenvalue weighted by atomic mass is 16.5. The first-order chi connectivity index (χ1) is 8.29. The van der Waals surface area contributed by atoms with Crippen molar-refractivity contribution in [3.8, 4) is 0 Å². The van der Waals surface area contributed by atoms with Gasteiger partial charge in [0.15, 0.2) is 0 Å². The smallest absolute Gasteiger partial charge is 0.224 e. The molecule has 2 atom stereocenters. The van der Waals surface area contributed by atoms with Gasteiger partial charge in [0.25, 0.3) is 0 Å². The molecule has 0 aromatic rings. The lowest BCUT2D eigenvalue weighted by Gasteiger charge is -2.33. The first kappa shape index (κ1) is 12.8. The van der Waals surface area contributed by atoms with Gasteiger partial charge in [-0.1, -0.05) is 0 Å². The Hall–Kier alpha value is -0.610. The first-order valence-corrected chi connectivity index (χ1v) is 6.92. The Kier molecular flexibility index (Phi) is 4.80. The summed E-state index contributed by atoms with van der Waals surface area (Å²) in [5, 5.41) is 3.38. The Morgan fingerprint density at radius 1 is 1.41 bits per heavy atom. The molecule has 0 aromatic carbocycles. The first-order valence-electron chi connectivity index (χ1n) is 6.92. The van der Waals surface area contributed by atoms with Crippen LogP contribution in [0.15, 0.2) is 0 Å². The van der Waals surface area contributed by atoms with E-state index in [0.717, 1.165) is 45.5 Å². The fraction of sp³-hybridized carbons (Fsp3) is 0.923. The average molecular weight is 240 g/mol. The summed E-state index contributed by atoms with van der Waals surface area (Å²) in [4.78, 5) is 14.1. The summed E-state index contributed by atoms with van der Waals surface area (Å²) < 4.78 is 5.62. The van der Waals surface area contributed by atoms with E-state index in [4.69, 9.17) is 4.74 Å². The van der Waals surface area contributed by atoms with Crippen molar-refractivity contribution in [3.05, 3.63) is 0 Å². The number of nitrogens with zero attached hydrogens (tertiary/aromatic N) is 1. The Morgan fingerprint density at radius 3 is 3.00 bits per heavy atom. The molecule has 98 valence electrons. The van der Waals surface area contributed by atoms with Crippen molar-refractivity contribution in [3.63, 3.8) is 0 Å². The molecule has 4 nitrogen and oxygen atoms in total. The molecule has 2 aliphatic heterocycles. The Morgan fingerprint density at radius 2 is 2.29 bits per heavy atom. The molecular formula is C13H24N2O2. The maximum atomic E-state index is 12.1. The number of hydrogen-bond donors (Lipinski definition) is 1. The van der Waals surface area contributed by atoms with E-state index in [9.17, 15) is 4.79 Å². The summed E-state index contributed by atoms with van der Waals surface area (Å²) in [5.74, 6) is 0.300. The molecule has 0 bridgehead atoms. The lowest BCUT2D eigenvalue weighted by atomic mass is 10.1. The molecular weight excluding hydrogens is 216 g/mol. The second-order valence-electron chi connectivity index (χ2n) is 5.06. The van der Waals surface area contributed by atoms with E-state index in [0.29, 0.717) is 18.4 Å². The van der Waals surface area contributed by atoms with E-state index < -0.39 is 0 Å². The van der Waals surface area contributed by atoms with Crippen LogP contribution in [0.4, 0.5) is 0 Å². The van der Waals surface area contributed by atoms with Gasteiger partial charge in [-0.05, 0) is 39.2 Å². The molecule has 2 aliphatic rings. The summed E-state index contributed by atoms with van der Waals surface area (Å²) in [6, 6.07) is 0.412. The number of rotatable bonds is 4. The Bertz CT molecular complexity index is 250. The van der Waals surface area contributed by atoms with Gasteiger partial charge in [0.2, 0.25) is 5.91 Å². The molecule has 0 radical (unpaired) electrons. The van der Waals surface area contributed by atoms with Crippen molar-refractivity contribution in [1.82, 2.24) is 10.2 Å². The molecule has 1 amide bonds. The van der Waals surface area contributed by atoms with Crippen LogP contribution in [0.25, 0.3) is 0 Å². The second kappa shape index (κ2) is 6.36. The lowest BCUT2D eigenvalue weighted by Crippen LogP contribution is -2.44. The third-order valence-corrected chi connectivity index (χ3v) is 3.72. The SMILES string of the molecule is CCOC1CCCN(C(=O)CC2CCCN2)C1. The molecule has 17 heavy (non-hydrogen) atoms. The minimum atomic E-state index is 0.259. The minimum absolute atomic E-state index is 0.259. The zero-order valence-corrected chi connectivity index (χ0v) is 10.8. The zero-order chi connectivity index (χ0) is 12.1. The maximum absolute atomic E-state index is 12.1. The molecule has 1 N–H and O–H groups in total. The molecule has 2 fully saturated rings. The molecule has 0 aromatic heterocycles. The summed E-state index contributed by atoms with van der Waals surface area (Å²) in [6.07, 6.45) is 5.45. The van der Waals surface area contributed by atoms with Gasteiger partial charge in [-0.15, -0.1) is 0 Å². The quantitative estimate of drug-likeness (QED) is 0.801. The lowest BCUT2D eigenvalue weighted by molar-refractivity contribution is -0.135. The van der Waals surface area contributed by atoms with Crippen molar-refractivity contribution >= 4 is 5.91 Å². The summed E-state index contributed by atoms with van der Waals surface area (Å²) in [7, 11) is 0. The van der Waals surface area contributed by atoms with Crippen LogP contribution < -0.4 is 5.32 Å². The Labute approximate surface area is 104 Å². The number of likely N-dealkylation sites (tertiary alicyclic amines) is 1. The van der Waals surface area contributed by atoms with E-state index in [1.807, 2.05) is 11.8 Å². The topological polar surface area (TPSA) is 41.6 Å². The van der Waals surface area contributed by atoms with Gasteiger partial charge in [-0.3, -0.25) is 4.79 Å². The van der Waals surface area contributed by atoms with Crippen molar-refractivity contribution < 1.29 is 9.53 Å². The summed E-state index contributed by atoms with van der Waals surface area (Å²) >= 11 is 0. The molecule has 2 rings (SSSR count). The standard InChI is InChI=1S/C13H24N2O2/c1-2-17-12-6-4-8-15(10-12)13(16)9-11-5-3-7-14-11/h11-12,14H,2-10H2,1H3. The van der Waals surface area contributed by atoms with Gasteiger partial charge in [-0.2, -0.15) is 0 Å².